The van der Waals surface area contributed by atoms with Crippen LogP contribution in [0.15, 0.2) is 59.8 Å². The van der Waals surface area contributed by atoms with Gasteiger partial charge >= 0.3 is 0 Å². The van der Waals surface area contributed by atoms with Gasteiger partial charge in [0.1, 0.15) is 10.9 Å². The molecule has 0 spiro atoms. The molecular formula is C19H14ClFN4O2. The van der Waals surface area contributed by atoms with Gasteiger partial charge in [-0.05, 0) is 23.8 Å². The Hall–Kier alpha value is -3.19. The van der Waals surface area contributed by atoms with Crippen LogP contribution in [0.25, 0.3) is 16.6 Å². The lowest BCUT2D eigenvalue weighted by Crippen LogP contribution is -2.18. The highest BCUT2D eigenvalue weighted by Crippen LogP contribution is 2.18. The molecule has 27 heavy (non-hydrogen) atoms. The molecule has 1 aromatic carbocycles. The van der Waals surface area contributed by atoms with E-state index >= 15 is 0 Å². The molecule has 0 aliphatic carbocycles. The molecule has 0 aliphatic rings. The highest BCUT2D eigenvalue weighted by atomic mass is 35.5. The maximum absolute atomic E-state index is 14.1. The fourth-order valence-corrected chi connectivity index (χ4v) is 3.04. The Morgan fingerprint density at radius 2 is 1.96 bits per heavy atom. The van der Waals surface area contributed by atoms with Crippen molar-refractivity contribution in [3.05, 3.63) is 81.9 Å². The lowest BCUT2D eigenvalue weighted by atomic mass is 10.2. The van der Waals surface area contributed by atoms with Gasteiger partial charge in [0, 0.05) is 12.3 Å². The van der Waals surface area contributed by atoms with E-state index in [1.807, 2.05) is 24.3 Å². The number of ether oxygens (including phenoxy) is 1. The summed E-state index contributed by atoms with van der Waals surface area (Å²) in [5.41, 5.74) is 1.34. The van der Waals surface area contributed by atoms with E-state index in [1.165, 1.54) is 23.0 Å². The third-order valence-electron chi connectivity index (χ3n) is 4.26. The van der Waals surface area contributed by atoms with Gasteiger partial charge in [-0.1, -0.05) is 23.7 Å². The summed E-state index contributed by atoms with van der Waals surface area (Å²) in [6.07, 6.45) is 3.98. The second-order valence-corrected chi connectivity index (χ2v) is 6.29. The largest absolute Gasteiger partial charge is 0.497 e. The molecule has 8 heteroatoms. The van der Waals surface area contributed by atoms with Crippen LogP contribution in [0.2, 0.25) is 5.15 Å². The number of nitrogens with zero attached hydrogens (tertiary/aromatic N) is 4. The van der Waals surface area contributed by atoms with Crippen molar-refractivity contribution in [2.75, 3.05) is 7.11 Å². The minimum absolute atomic E-state index is 0.0461. The van der Waals surface area contributed by atoms with E-state index in [0.29, 0.717) is 17.4 Å². The SMILES string of the molecule is COc1ccc(Cn2ncc3c(=O)n(-c4cc(Cl)ncc4F)ccc32)cc1. The van der Waals surface area contributed by atoms with Crippen molar-refractivity contribution in [2.45, 2.75) is 6.54 Å². The number of hydrogen-bond donors (Lipinski definition) is 0. The van der Waals surface area contributed by atoms with Gasteiger partial charge in [0.2, 0.25) is 0 Å². The van der Waals surface area contributed by atoms with Crippen LogP contribution in [0, 0.1) is 5.82 Å². The number of benzene rings is 1. The lowest BCUT2D eigenvalue weighted by Gasteiger charge is -2.08. The van der Waals surface area contributed by atoms with Crippen LogP contribution in [-0.2, 0) is 6.54 Å². The number of pyridine rings is 2. The molecule has 3 heterocycles. The van der Waals surface area contributed by atoms with Crippen molar-refractivity contribution >= 4 is 22.5 Å². The average Bonchev–Trinajstić information content (AvgIpc) is 3.09. The smallest absolute Gasteiger partial charge is 0.266 e. The van der Waals surface area contributed by atoms with Crippen LogP contribution in [-0.4, -0.2) is 26.4 Å². The molecule has 0 fully saturated rings. The number of aromatic nitrogens is 4. The molecule has 4 rings (SSSR count). The fraction of sp³-hybridized carbons (Fsp3) is 0.105. The average molecular weight is 385 g/mol. The zero-order chi connectivity index (χ0) is 19.0. The van der Waals surface area contributed by atoms with Crippen LogP contribution in [0.4, 0.5) is 4.39 Å². The van der Waals surface area contributed by atoms with Gasteiger partial charge in [0.25, 0.3) is 5.56 Å². The molecular weight excluding hydrogens is 371 g/mol. The van der Waals surface area contributed by atoms with Gasteiger partial charge < -0.3 is 4.74 Å². The molecule has 0 saturated carbocycles. The highest BCUT2D eigenvalue weighted by molar-refractivity contribution is 6.29. The maximum atomic E-state index is 14.1. The number of fused-ring (bicyclic) bond motifs is 1. The number of methoxy groups -OCH3 is 1. The van der Waals surface area contributed by atoms with Crippen molar-refractivity contribution < 1.29 is 9.13 Å². The lowest BCUT2D eigenvalue weighted by molar-refractivity contribution is 0.414. The van der Waals surface area contributed by atoms with Gasteiger partial charge in [-0.25, -0.2) is 9.37 Å². The summed E-state index contributed by atoms with van der Waals surface area (Å²) >= 11 is 5.83. The molecule has 3 aromatic heterocycles. The molecule has 0 unspecified atom stereocenters. The van der Waals surface area contributed by atoms with E-state index in [4.69, 9.17) is 16.3 Å². The van der Waals surface area contributed by atoms with Crippen molar-refractivity contribution in [3.8, 4) is 11.4 Å². The molecule has 0 amide bonds. The van der Waals surface area contributed by atoms with Crippen molar-refractivity contribution in [1.29, 1.82) is 0 Å². The molecule has 0 atom stereocenters. The molecule has 0 bridgehead atoms. The van der Waals surface area contributed by atoms with Gasteiger partial charge in [-0.15, -0.1) is 0 Å². The Morgan fingerprint density at radius 1 is 1.19 bits per heavy atom. The molecule has 136 valence electrons. The molecule has 6 nitrogen and oxygen atoms in total. The summed E-state index contributed by atoms with van der Waals surface area (Å²) in [5, 5.41) is 4.80. The van der Waals surface area contributed by atoms with E-state index in [2.05, 4.69) is 10.1 Å². The normalized spacial score (nSPS) is 11.1. The van der Waals surface area contributed by atoms with Gasteiger partial charge in [-0.2, -0.15) is 5.10 Å². The van der Waals surface area contributed by atoms with Crippen molar-refractivity contribution in [2.24, 2.45) is 0 Å². The molecule has 0 saturated heterocycles. The predicted octanol–water partition coefficient (Wildman–Crippen LogP) is 3.43. The zero-order valence-electron chi connectivity index (χ0n) is 14.3. The van der Waals surface area contributed by atoms with Crippen LogP contribution >= 0.6 is 11.6 Å². The van der Waals surface area contributed by atoms with Crippen LogP contribution in [0.1, 0.15) is 5.56 Å². The number of rotatable bonds is 4. The Balaban J connectivity index is 1.75. The van der Waals surface area contributed by atoms with E-state index in [9.17, 15) is 9.18 Å². The Kier molecular flexibility index (Phi) is 4.37. The van der Waals surface area contributed by atoms with Crippen LogP contribution in [0.3, 0.4) is 0 Å². The monoisotopic (exact) mass is 384 g/mol. The standard InChI is InChI=1S/C19H14ClFN4O2/c1-27-13-4-2-12(3-5-13)11-25-16-6-7-24(19(26)14(16)9-23-25)17-8-18(20)22-10-15(17)21/h2-10H,11H2,1H3. The highest BCUT2D eigenvalue weighted by Gasteiger charge is 2.13. The summed E-state index contributed by atoms with van der Waals surface area (Å²) in [6, 6.07) is 10.6. The van der Waals surface area contributed by atoms with Gasteiger partial charge in [0.05, 0.1) is 42.6 Å². The molecule has 0 aliphatic heterocycles. The van der Waals surface area contributed by atoms with E-state index in [0.717, 1.165) is 17.5 Å². The van der Waals surface area contributed by atoms with Crippen LogP contribution in [0.5, 0.6) is 5.75 Å². The quantitative estimate of drug-likeness (QED) is 0.506. The first-order chi connectivity index (χ1) is 13.1. The van der Waals surface area contributed by atoms with Gasteiger partial charge in [-0.3, -0.25) is 14.0 Å². The van der Waals surface area contributed by atoms with Crippen molar-refractivity contribution in [1.82, 2.24) is 19.3 Å². The van der Waals surface area contributed by atoms with E-state index in [1.54, 1.807) is 17.9 Å². The van der Waals surface area contributed by atoms with Crippen LogP contribution < -0.4 is 10.3 Å². The fourth-order valence-electron chi connectivity index (χ4n) is 2.89. The minimum atomic E-state index is -0.633. The van der Waals surface area contributed by atoms with Gasteiger partial charge in [0.15, 0.2) is 5.82 Å². The Labute approximate surface area is 158 Å². The first-order valence-electron chi connectivity index (χ1n) is 8.08. The van der Waals surface area contributed by atoms with Crippen molar-refractivity contribution in [3.63, 3.8) is 0 Å². The topological polar surface area (TPSA) is 61.9 Å². The predicted molar refractivity (Wildman–Crippen MR) is 100 cm³/mol. The Bertz CT molecular complexity index is 1180. The summed E-state index contributed by atoms with van der Waals surface area (Å²) < 4.78 is 22.2. The summed E-state index contributed by atoms with van der Waals surface area (Å²) in [7, 11) is 1.61. The summed E-state index contributed by atoms with van der Waals surface area (Å²) in [5.74, 6) is 0.136. The maximum Gasteiger partial charge on any atom is 0.266 e. The number of halogens is 2. The summed E-state index contributed by atoms with van der Waals surface area (Å²) in [4.78, 5) is 16.5. The van der Waals surface area contributed by atoms with E-state index in [-0.39, 0.29) is 16.4 Å². The molecule has 4 aromatic rings. The zero-order valence-corrected chi connectivity index (χ0v) is 15.0. The third-order valence-corrected chi connectivity index (χ3v) is 4.47. The molecule has 0 radical (unpaired) electrons. The van der Waals surface area contributed by atoms with E-state index < -0.39 is 5.82 Å². The second-order valence-electron chi connectivity index (χ2n) is 5.90. The first kappa shape index (κ1) is 17.2. The Morgan fingerprint density at radius 3 is 2.70 bits per heavy atom. The second kappa shape index (κ2) is 6.85. The minimum Gasteiger partial charge on any atom is -0.497 e. The first-order valence-corrected chi connectivity index (χ1v) is 8.46. The third kappa shape index (κ3) is 3.17. The molecule has 0 N–H and O–H groups in total. The number of hydrogen-bond acceptors (Lipinski definition) is 4. The summed E-state index contributed by atoms with van der Waals surface area (Å²) in [6.45, 7) is 0.492.